The molecule has 1 aromatic carbocycles. The number of ether oxygens (including phenoxy) is 1. The van der Waals surface area contributed by atoms with Crippen molar-refractivity contribution in [2.24, 2.45) is 0 Å². The van der Waals surface area contributed by atoms with Gasteiger partial charge in [-0.25, -0.2) is 8.78 Å². The number of halogens is 3. The first-order chi connectivity index (χ1) is 6.42. The van der Waals surface area contributed by atoms with Gasteiger partial charge in [0.05, 0.1) is 0 Å². The fourth-order valence-electron chi connectivity index (χ4n) is 0.811. The van der Waals surface area contributed by atoms with E-state index in [2.05, 4.69) is 4.74 Å². The first kappa shape index (κ1) is 10.7. The van der Waals surface area contributed by atoms with Crippen molar-refractivity contribution in [1.29, 1.82) is 0 Å². The van der Waals surface area contributed by atoms with Crippen molar-refractivity contribution in [3.05, 3.63) is 24.3 Å². The summed E-state index contributed by atoms with van der Waals surface area (Å²) < 4.78 is 41.5. The second-order valence-corrected chi connectivity index (χ2v) is 2.96. The molecule has 0 aromatic heterocycles. The van der Waals surface area contributed by atoms with Gasteiger partial charge < -0.3 is 10.5 Å². The Morgan fingerprint density at radius 2 is 1.79 bits per heavy atom. The first-order valence-corrected chi connectivity index (χ1v) is 3.93. The second-order valence-electron chi connectivity index (χ2n) is 2.96. The van der Waals surface area contributed by atoms with E-state index in [4.69, 9.17) is 5.73 Å². The van der Waals surface area contributed by atoms with E-state index in [0.29, 0.717) is 12.6 Å². The molecule has 0 saturated heterocycles. The molecule has 0 aliphatic carbocycles. The molecule has 2 nitrogen and oxygen atoms in total. The summed E-state index contributed by atoms with van der Waals surface area (Å²) >= 11 is 0. The minimum Gasteiger partial charge on any atom is -0.453 e. The molecule has 2 N–H and O–H groups in total. The van der Waals surface area contributed by atoms with Crippen LogP contribution in [0.15, 0.2) is 24.3 Å². The predicted molar refractivity (Wildman–Crippen MR) is 47.0 cm³/mol. The summed E-state index contributed by atoms with van der Waals surface area (Å²) in [5.74, 6) is -2.96. The van der Waals surface area contributed by atoms with E-state index in [0.717, 1.165) is 0 Å². The van der Waals surface area contributed by atoms with Gasteiger partial charge in [0, 0.05) is 12.6 Å². The minimum atomic E-state index is -3.19. The Hall–Kier alpha value is -1.39. The number of hydrogen-bond acceptors (Lipinski definition) is 2. The van der Waals surface area contributed by atoms with E-state index in [-0.39, 0.29) is 5.75 Å². The zero-order valence-corrected chi connectivity index (χ0v) is 7.51. The molecular formula is C9H10F3NO. The summed E-state index contributed by atoms with van der Waals surface area (Å²) in [5, 5.41) is 0. The van der Waals surface area contributed by atoms with Crippen LogP contribution in [-0.2, 0) is 0 Å². The van der Waals surface area contributed by atoms with Gasteiger partial charge in [-0.2, -0.15) is 4.39 Å². The third-order valence-corrected chi connectivity index (χ3v) is 1.59. The van der Waals surface area contributed by atoms with E-state index >= 15 is 0 Å². The van der Waals surface area contributed by atoms with Crippen LogP contribution in [0.2, 0.25) is 0 Å². The normalized spacial score (nSPS) is 15.2. The summed E-state index contributed by atoms with van der Waals surface area (Å²) in [6.45, 7) is 0.675. The highest BCUT2D eigenvalue weighted by Crippen LogP contribution is 2.25. The van der Waals surface area contributed by atoms with Gasteiger partial charge >= 0.3 is 12.3 Å². The van der Waals surface area contributed by atoms with Crippen LogP contribution in [0.5, 0.6) is 5.75 Å². The lowest BCUT2D eigenvalue weighted by Crippen LogP contribution is -2.34. The highest BCUT2D eigenvalue weighted by Gasteiger charge is 2.37. The maximum absolute atomic E-state index is 13.0. The number of nitrogen functional groups attached to an aromatic ring is 1. The molecule has 0 radical (unpaired) electrons. The van der Waals surface area contributed by atoms with Gasteiger partial charge in [-0.1, -0.05) is 0 Å². The van der Waals surface area contributed by atoms with E-state index in [1.54, 1.807) is 0 Å². The molecule has 1 rings (SSSR count). The van der Waals surface area contributed by atoms with Gasteiger partial charge in [-0.05, 0) is 24.3 Å². The van der Waals surface area contributed by atoms with E-state index in [9.17, 15) is 13.2 Å². The lowest BCUT2D eigenvalue weighted by molar-refractivity contribution is -0.152. The van der Waals surface area contributed by atoms with Crippen molar-refractivity contribution in [1.82, 2.24) is 0 Å². The molecule has 1 aromatic rings. The lowest BCUT2D eigenvalue weighted by Gasteiger charge is -2.20. The second kappa shape index (κ2) is 3.77. The maximum Gasteiger partial charge on any atom is 0.306 e. The van der Waals surface area contributed by atoms with Gasteiger partial charge in [0.2, 0.25) is 0 Å². The molecule has 78 valence electrons. The highest BCUT2D eigenvalue weighted by atomic mass is 19.3. The molecule has 0 amide bonds. The van der Waals surface area contributed by atoms with Crippen LogP contribution in [0.1, 0.15) is 6.92 Å². The van der Waals surface area contributed by atoms with Crippen LogP contribution in [0.4, 0.5) is 18.9 Å². The molecule has 14 heavy (non-hydrogen) atoms. The van der Waals surface area contributed by atoms with Crippen molar-refractivity contribution < 1.29 is 17.9 Å². The van der Waals surface area contributed by atoms with Crippen molar-refractivity contribution in [3.8, 4) is 5.75 Å². The van der Waals surface area contributed by atoms with Crippen LogP contribution in [0.25, 0.3) is 0 Å². The molecule has 0 heterocycles. The maximum atomic E-state index is 13.0. The molecule has 0 aliphatic rings. The summed E-state index contributed by atoms with van der Waals surface area (Å²) in [5.41, 5.74) is 5.81. The Balaban J connectivity index is 2.74. The van der Waals surface area contributed by atoms with Gasteiger partial charge in [0.1, 0.15) is 5.75 Å². The summed E-state index contributed by atoms with van der Waals surface area (Å²) in [6.07, 6.45) is -3.19. The Kier molecular flexibility index (Phi) is 2.88. The van der Waals surface area contributed by atoms with Crippen LogP contribution < -0.4 is 10.5 Å². The van der Waals surface area contributed by atoms with Crippen LogP contribution >= 0.6 is 0 Å². The van der Waals surface area contributed by atoms with E-state index in [1.807, 2.05) is 0 Å². The number of anilines is 1. The number of hydrogen-bond donors (Lipinski definition) is 1. The Labute approximate surface area is 79.5 Å². The summed E-state index contributed by atoms with van der Waals surface area (Å²) in [4.78, 5) is 0. The molecule has 0 spiro atoms. The van der Waals surface area contributed by atoms with Gasteiger partial charge in [-0.15, -0.1) is 0 Å². The van der Waals surface area contributed by atoms with Crippen LogP contribution in [0, 0.1) is 0 Å². The molecule has 0 fully saturated rings. The third-order valence-electron chi connectivity index (χ3n) is 1.59. The number of rotatable bonds is 3. The Bertz CT molecular complexity index is 297. The molecule has 0 unspecified atom stereocenters. The predicted octanol–water partition coefficient (Wildman–Crippen LogP) is 2.60. The summed E-state index contributed by atoms with van der Waals surface area (Å²) in [7, 11) is 0. The fourth-order valence-corrected chi connectivity index (χ4v) is 0.811. The standard InChI is InChI=1S/C9H10F3NO/c1-9(12,8(10)11)14-7-4-2-6(13)3-5-7/h2-5,8H,13H2,1H3/t9-/m1/s1. The van der Waals surface area contributed by atoms with Crippen LogP contribution in [0.3, 0.4) is 0 Å². The van der Waals surface area contributed by atoms with Crippen LogP contribution in [-0.4, -0.2) is 12.3 Å². The highest BCUT2D eigenvalue weighted by molar-refractivity contribution is 5.41. The van der Waals surface area contributed by atoms with Crippen molar-refractivity contribution in [3.63, 3.8) is 0 Å². The smallest absolute Gasteiger partial charge is 0.306 e. The summed E-state index contributed by atoms with van der Waals surface area (Å²) in [6, 6.07) is 5.54. The van der Waals surface area contributed by atoms with Crippen molar-refractivity contribution >= 4 is 5.69 Å². The average Bonchev–Trinajstić information content (AvgIpc) is 2.08. The largest absolute Gasteiger partial charge is 0.453 e. The Morgan fingerprint density at radius 3 is 2.21 bits per heavy atom. The molecular weight excluding hydrogens is 195 g/mol. The van der Waals surface area contributed by atoms with E-state index in [1.165, 1.54) is 24.3 Å². The lowest BCUT2D eigenvalue weighted by atomic mass is 10.3. The average molecular weight is 205 g/mol. The zero-order chi connectivity index (χ0) is 10.8. The monoisotopic (exact) mass is 205 g/mol. The van der Waals surface area contributed by atoms with Gasteiger partial charge in [0.15, 0.2) is 0 Å². The molecule has 0 saturated carbocycles. The fraction of sp³-hybridized carbons (Fsp3) is 0.333. The minimum absolute atomic E-state index is 0.0181. The van der Waals surface area contributed by atoms with Crippen molar-refractivity contribution in [2.75, 3.05) is 5.73 Å². The van der Waals surface area contributed by atoms with Gasteiger partial charge in [0.25, 0.3) is 0 Å². The zero-order valence-electron chi connectivity index (χ0n) is 7.51. The molecule has 1 atom stereocenters. The third kappa shape index (κ3) is 2.55. The topological polar surface area (TPSA) is 35.2 Å². The molecule has 0 bridgehead atoms. The first-order valence-electron chi connectivity index (χ1n) is 3.93. The Morgan fingerprint density at radius 1 is 1.29 bits per heavy atom. The van der Waals surface area contributed by atoms with Crippen molar-refractivity contribution in [2.45, 2.75) is 19.2 Å². The number of benzene rings is 1. The quantitative estimate of drug-likeness (QED) is 0.770. The van der Waals surface area contributed by atoms with E-state index < -0.39 is 12.3 Å². The number of alkyl halides is 3. The SMILES string of the molecule is C[C@@](F)(Oc1ccc(N)cc1)C(F)F. The molecule has 5 heteroatoms. The molecule has 0 aliphatic heterocycles. The van der Waals surface area contributed by atoms with Gasteiger partial charge in [-0.3, -0.25) is 0 Å². The number of nitrogens with two attached hydrogens (primary N) is 1.